The summed E-state index contributed by atoms with van der Waals surface area (Å²) in [5, 5.41) is 0. The summed E-state index contributed by atoms with van der Waals surface area (Å²) in [5.41, 5.74) is 5.08. The number of imidazole rings is 1. The molecule has 4 rings (SSSR count). The second kappa shape index (κ2) is 4.83. The van der Waals surface area contributed by atoms with Gasteiger partial charge in [0.1, 0.15) is 0 Å². The van der Waals surface area contributed by atoms with Crippen LogP contribution in [0.3, 0.4) is 0 Å². The van der Waals surface area contributed by atoms with Crippen LogP contribution in [0.2, 0.25) is 0 Å². The van der Waals surface area contributed by atoms with Gasteiger partial charge in [0.25, 0.3) is 0 Å². The monoisotopic (exact) mass is 293 g/mol. The summed E-state index contributed by atoms with van der Waals surface area (Å²) in [4.78, 5) is 17.1. The Labute approximate surface area is 129 Å². The maximum absolute atomic E-state index is 12.7. The fraction of sp³-hybridized carbons (Fsp3) is 0.333. The van der Waals surface area contributed by atoms with Crippen molar-refractivity contribution in [3.63, 3.8) is 0 Å². The zero-order valence-electron chi connectivity index (χ0n) is 12.9. The van der Waals surface area contributed by atoms with Crippen molar-refractivity contribution in [3.05, 3.63) is 53.6 Å². The van der Waals surface area contributed by atoms with Gasteiger partial charge in [-0.25, -0.2) is 4.98 Å². The number of hydrogen-bond acceptors (Lipinski definition) is 2. The average Bonchev–Trinajstić information content (AvgIpc) is 3.19. The predicted molar refractivity (Wildman–Crippen MR) is 86.2 cm³/mol. The fourth-order valence-corrected chi connectivity index (χ4v) is 3.33. The van der Waals surface area contributed by atoms with Gasteiger partial charge >= 0.3 is 0 Å². The van der Waals surface area contributed by atoms with Gasteiger partial charge in [0, 0.05) is 23.0 Å². The molecule has 0 atom stereocenters. The van der Waals surface area contributed by atoms with E-state index in [1.807, 2.05) is 34.9 Å². The van der Waals surface area contributed by atoms with E-state index >= 15 is 0 Å². The Morgan fingerprint density at radius 3 is 2.82 bits per heavy atom. The number of para-hydroxylation sites is 2. The van der Waals surface area contributed by atoms with E-state index in [0.29, 0.717) is 12.6 Å². The zero-order chi connectivity index (χ0) is 15.3. The first-order chi connectivity index (χ1) is 10.6. The lowest BCUT2D eigenvalue weighted by molar-refractivity contribution is 0.0972. The molecule has 0 bridgehead atoms. The number of aromatic nitrogens is 3. The number of fused-ring (bicyclic) bond motifs is 1. The summed E-state index contributed by atoms with van der Waals surface area (Å²) in [7, 11) is 0. The number of ketones is 1. The van der Waals surface area contributed by atoms with Gasteiger partial charge in [0.2, 0.25) is 0 Å². The van der Waals surface area contributed by atoms with E-state index in [1.54, 1.807) is 6.33 Å². The van der Waals surface area contributed by atoms with E-state index in [2.05, 4.69) is 23.4 Å². The van der Waals surface area contributed by atoms with Crippen LogP contribution in [0.4, 0.5) is 0 Å². The number of carbonyl (C=O) groups is 1. The summed E-state index contributed by atoms with van der Waals surface area (Å²) in [5.74, 6) is 0.156. The van der Waals surface area contributed by atoms with E-state index in [4.69, 9.17) is 0 Å². The van der Waals surface area contributed by atoms with Crippen molar-refractivity contribution in [2.75, 3.05) is 0 Å². The Morgan fingerprint density at radius 1 is 1.27 bits per heavy atom. The molecular weight excluding hydrogens is 274 g/mol. The highest BCUT2D eigenvalue weighted by Crippen LogP contribution is 2.38. The Bertz CT molecular complexity index is 868. The first-order valence-corrected chi connectivity index (χ1v) is 7.76. The molecule has 1 aliphatic carbocycles. The summed E-state index contributed by atoms with van der Waals surface area (Å²) < 4.78 is 4.25. The average molecular weight is 293 g/mol. The second-order valence-electron chi connectivity index (χ2n) is 6.17. The lowest BCUT2D eigenvalue weighted by Crippen LogP contribution is -2.11. The van der Waals surface area contributed by atoms with E-state index < -0.39 is 0 Å². The number of carbonyl (C=O) groups excluding carboxylic acids is 1. The highest BCUT2D eigenvalue weighted by Gasteiger charge is 2.28. The molecule has 2 heterocycles. The third-order valence-corrected chi connectivity index (χ3v) is 4.54. The minimum Gasteiger partial charge on any atom is -0.345 e. The van der Waals surface area contributed by atoms with Gasteiger partial charge in [-0.05, 0) is 44.9 Å². The van der Waals surface area contributed by atoms with Crippen molar-refractivity contribution < 1.29 is 4.79 Å². The van der Waals surface area contributed by atoms with Crippen LogP contribution in [0.15, 0.2) is 36.7 Å². The fourth-order valence-electron chi connectivity index (χ4n) is 3.33. The Morgan fingerprint density at radius 2 is 2.05 bits per heavy atom. The number of hydrogen-bond donors (Lipinski definition) is 0. The molecule has 1 aromatic carbocycles. The minimum atomic E-state index is 0.156. The zero-order valence-corrected chi connectivity index (χ0v) is 12.9. The number of aryl methyl sites for hydroxylation is 1. The summed E-state index contributed by atoms with van der Waals surface area (Å²) in [6, 6.07) is 10.6. The molecule has 0 radical (unpaired) electrons. The largest absolute Gasteiger partial charge is 0.345 e. The quantitative estimate of drug-likeness (QED) is 0.688. The normalized spacial score (nSPS) is 14.6. The molecule has 0 spiro atoms. The van der Waals surface area contributed by atoms with Crippen molar-refractivity contribution in [1.82, 2.24) is 14.1 Å². The maximum atomic E-state index is 12.7. The van der Waals surface area contributed by atoms with E-state index in [9.17, 15) is 4.79 Å². The molecular formula is C18H19N3O. The van der Waals surface area contributed by atoms with Crippen LogP contribution in [0.1, 0.15) is 40.6 Å². The molecule has 1 aliphatic rings. The van der Waals surface area contributed by atoms with Gasteiger partial charge < -0.3 is 9.13 Å². The van der Waals surface area contributed by atoms with Crippen LogP contribution in [0, 0.1) is 13.8 Å². The highest BCUT2D eigenvalue weighted by atomic mass is 16.1. The topological polar surface area (TPSA) is 39.8 Å². The summed E-state index contributed by atoms with van der Waals surface area (Å²) in [6.07, 6.45) is 4.22. The molecule has 0 saturated heterocycles. The lowest BCUT2D eigenvalue weighted by atomic mass is 10.1. The van der Waals surface area contributed by atoms with E-state index in [-0.39, 0.29) is 5.78 Å². The second-order valence-corrected chi connectivity index (χ2v) is 6.17. The van der Waals surface area contributed by atoms with Crippen LogP contribution in [-0.2, 0) is 6.54 Å². The molecule has 1 fully saturated rings. The predicted octanol–water partition coefficient (Wildman–Crippen LogP) is 3.67. The van der Waals surface area contributed by atoms with Gasteiger partial charge in [0.05, 0.1) is 23.9 Å². The van der Waals surface area contributed by atoms with Crippen molar-refractivity contribution in [1.29, 1.82) is 0 Å². The smallest absolute Gasteiger partial charge is 0.184 e. The number of rotatable bonds is 4. The third-order valence-electron chi connectivity index (χ3n) is 4.54. The first kappa shape index (κ1) is 13.3. The molecule has 4 heteroatoms. The van der Waals surface area contributed by atoms with Crippen LogP contribution < -0.4 is 0 Å². The van der Waals surface area contributed by atoms with Crippen molar-refractivity contribution in [2.45, 2.75) is 39.3 Å². The molecule has 3 aromatic rings. The van der Waals surface area contributed by atoms with Crippen LogP contribution in [-0.4, -0.2) is 19.9 Å². The molecule has 22 heavy (non-hydrogen) atoms. The van der Waals surface area contributed by atoms with E-state index in [1.165, 1.54) is 18.5 Å². The Kier molecular flexibility index (Phi) is 2.93. The van der Waals surface area contributed by atoms with Gasteiger partial charge in [-0.15, -0.1) is 0 Å². The maximum Gasteiger partial charge on any atom is 0.184 e. The Balaban J connectivity index is 1.66. The minimum absolute atomic E-state index is 0.156. The third kappa shape index (κ3) is 2.06. The molecule has 0 amide bonds. The SMILES string of the molecule is Cc1cc(C(=O)Cn2cnc3ccccc32)c(C)n1C1CC1. The van der Waals surface area contributed by atoms with Crippen LogP contribution in [0.5, 0.6) is 0 Å². The summed E-state index contributed by atoms with van der Waals surface area (Å²) >= 11 is 0. The van der Waals surface area contributed by atoms with E-state index in [0.717, 1.165) is 22.3 Å². The molecule has 0 aliphatic heterocycles. The van der Waals surface area contributed by atoms with Crippen LogP contribution >= 0.6 is 0 Å². The molecule has 2 aromatic heterocycles. The molecule has 4 nitrogen and oxygen atoms in total. The molecule has 0 unspecified atom stereocenters. The van der Waals surface area contributed by atoms with Gasteiger partial charge in [-0.2, -0.15) is 0 Å². The van der Waals surface area contributed by atoms with Crippen molar-refractivity contribution in [3.8, 4) is 0 Å². The molecule has 0 N–H and O–H groups in total. The first-order valence-electron chi connectivity index (χ1n) is 7.76. The number of Topliss-reactive ketones (excluding diaryl/α,β-unsaturated/α-hetero) is 1. The standard InChI is InChI=1S/C18H19N3O/c1-12-9-15(13(2)21(12)14-7-8-14)18(22)10-20-11-19-16-5-3-4-6-17(16)20/h3-6,9,11,14H,7-8,10H2,1-2H3. The van der Waals surface area contributed by atoms with Gasteiger partial charge in [0.15, 0.2) is 5.78 Å². The van der Waals surface area contributed by atoms with Gasteiger partial charge in [-0.1, -0.05) is 12.1 Å². The number of benzene rings is 1. The van der Waals surface area contributed by atoms with Crippen LogP contribution in [0.25, 0.3) is 11.0 Å². The highest BCUT2D eigenvalue weighted by molar-refractivity contribution is 5.98. The molecule has 112 valence electrons. The summed E-state index contributed by atoms with van der Waals surface area (Å²) in [6.45, 7) is 4.49. The lowest BCUT2D eigenvalue weighted by Gasteiger charge is -2.08. The Hall–Kier alpha value is -2.36. The van der Waals surface area contributed by atoms with Gasteiger partial charge in [-0.3, -0.25) is 4.79 Å². The molecule has 1 saturated carbocycles. The van der Waals surface area contributed by atoms with Crippen molar-refractivity contribution >= 4 is 16.8 Å². The van der Waals surface area contributed by atoms with Crippen molar-refractivity contribution in [2.24, 2.45) is 0 Å². The number of nitrogens with zero attached hydrogens (tertiary/aromatic N) is 3.